The van der Waals surface area contributed by atoms with Crippen LogP contribution in [0.5, 0.6) is 0 Å². The van der Waals surface area contributed by atoms with Gasteiger partial charge in [0, 0.05) is 133 Å². The van der Waals surface area contributed by atoms with Gasteiger partial charge in [-0.25, -0.2) is 13.2 Å². The van der Waals surface area contributed by atoms with Gasteiger partial charge in [-0.1, -0.05) is 185 Å². The summed E-state index contributed by atoms with van der Waals surface area (Å²) in [5.41, 5.74) is 4.09. The summed E-state index contributed by atoms with van der Waals surface area (Å²) < 4.78 is 63.2. The van der Waals surface area contributed by atoms with E-state index in [0.29, 0.717) is 111 Å². The van der Waals surface area contributed by atoms with Crippen LogP contribution >= 0.6 is 46.4 Å². The van der Waals surface area contributed by atoms with Gasteiger partial charge in [-0.3, -0.25) is 23.6 Å². The van der Waals surface area contributed by atoms with E-state index in [9.17, 15) is 37.5 Å². The highest BCUT2D eigenvalue weighted by molar-refractivity contribution is 6.34. The molecule has 4 aliphatic heterocycles. The molecule has 13 nitrogen and oxygen atoms in total. The number of piperidine rings is 4. The van der Waals surface area contributed by atoms with Crippen molar-refractivity contribution >= 4 is 69.2 Å². The van der Waals surface area contributed by atoms with Crippen LogP contribution in [-0.4, -0.2) is 89.0 Å². The van der Waals surface area contributed by atoms with Crippen LogP contribution in [0.1, 0.15) is 153 Å². The SMILES string of the molecule is CC(C)CCn1ccc(N2CCC(F)(c3ccccc3)CC2)c(Cl)c1=O.CC(C)CCn1ccc(N2CCC(c3ccc(F)cc3F)CC2)c(Cl)c1=O.CCCCn1ccc(N2CCC(CO)(c3ccccc3)CC2)c(Cl)c1=O.O=c1c(Cl)c(N2CCC(CF)(c3ccccc3)CC2)ccn1CC1CC1. The third kappa shape index (κ3) is 19.9. The van der Waals surface area contributed by atoms with Crippen molar-refractivity contribution in [3.8, 4) is 0 Å². The Kier molecular flexibility index (Phi) is 28.3. The first kappa shape index (κ1) is 80.3. The van der Waals surface area contributed by atoms with Gasteiger partial charge in [0.25, 0.3) is 22.2 Å². The number of pyridine rings is 4. The van der Waals surface area contributed by atoms with Crippen molar-refractivity contribution in [2.75, 3.05) is 85.2 Å². The number of halogens is 8. The zero-order valence-corrected chi connectivity index (χ0v) is 64.3. The number of aryl methyl sites for hydroxylation is 3. The quantitative estimate of drug-likeness (QED) is 0.0701. The molecule has 1 N–H and O–H groups in total. The fourth-order valence-electron chi connectivity index (χ4n) is 14.9. The van der Waals surface area contributed by atoms with Crippen molar-refractivity contribution < 1.29 is 22.7 Å². The maximum atomic E-state index is 15.3. The summed E-state index contributed by atoms with van der Waals surface area (Å²) in [5, 5.41) is 11.2. The van der Waals surface area contributed by atoms with E-state index in [-0.39, 0.29) is 56.9 Å². The van der Waals surface area contributed by atoms with Crippen LogP contribution in [0.4, 0.5) is 40.3 Å². The summed E-state index contributed by atoms with van der Waals surface area (Å²) in [6.07, 6.45) is 18.9. The van der Waals surface area contributed by atoms with Crippen molar-refractivity contribution in [1.82, 2.24) is 18.3 Å². The number of aromatic nitrogens is 4. The maximum Gasteiger partial charge on any atom is 0.271 e. The van der Waals surface area contributed by atoms with Crippen molar-refractivity contribution in [3.63, 3.8) is 0 Å². The van der Waals surface area contributed by atoms with Crippen LogP contribution in [-0.2, 0) is 42.7 Å². The van der Waals surface area contributed by atoms with Gasteiger partial charge in [0.15, 0.2) is 0 Å². The molecule has 0 spiro atoms. The third-order valence-corrected chi connectivity index (χ3v) is 23.4. The smallest absolute Gasteiger partial charge is 0.271 e. The second kappa shape index (κ2) is 37.0. The van der Waals surface area contributed by atoms with Crippen molar-refractivity contribution in [1.29, 1.82) is 0 Å². The molecule has 1 saturated carbocycles. The number of rotatable bonds is 21. The van der Waals surface area contributed by atoms with Gasteiger partial charge in [0.05, 0.1) is 36.0 Å². The third-order valence-electron chi connectivity index (χ3n) is 22.0. The molecule has 13 rings (SSSR count). The number of alkyl halides is 2. The summed E-state index contributed by atoms with van der Waals surface area (Å²) in [5.74, 6) is 0.671. The van der Waals surface area contributed by atoms with Gasteiger partial charge in [0.1, 0.15) is 37.4 Å². The van der Waals surface area contributed by atoms with E-state index in [1.165, 1.54) is 30.5 Å². The molecule has 8 heterocycles. The Balaban J connectivity index is 0.000000150. The molecule has 105 heavy (non-hydrogen) atoms. The van der Waals surface area contributed by atoms with Crippen molar-refractivity contribution in [3.05, 3.63) is 254 Å². The fraction of sp³-hybridized carbons (Fsp3) is 0.476. The molecular formula is C84H102Cl4F4N8O5. The summed E-state index contributed by atoms with van der Waals surface area (Å²) >= 11 is 25.5. The van der Waals surface area contributed by atoms with E-state index < -0.39 is 22.7 Å². The standard InChI is InChI=1S/C21H25ClF2N2O.C21H24ClFN2O.C21H26ClFN2O.C21H27ClN2O2/c1-14(2)5-9-26-12-8-19(20(22)21(26)27)25-10-6-15(7-11-25)17-4-3-16(23)13-18(17)24;22-19-18(8-11-25(20(19)26)14-16-6-7-16)24-12-9-21(15-23,10-13-24)17-4-2-1-3-5-17;1-16(2)8-12-25-13-9-18(19(22)20(25)26)24-14-10-21(23,11-15-24)17-6-4-3-5-7-17;1-2-3-12-24-13-9-18(19(22)20(24)26)23-14-10-21(16-25,11-15-23)17-7-5-4-6-8-17/h3-4,8,12-15H,5-7,9-11H2,1-2H3;1-5,8,11,16H,6-7,9-10,12-15H2;3-7,9,13,16H,8,10-12,14-15H2,1-2H3;4-9,13,25H,2-3,10-12,14-16H2,1H3. The molecule has 0 amide bonds. The van der Waals surface area contributed by atoms with Gasteiger partial charge in [0.2, 0.25) is 0 Å². The number of anilines is 4. The van der Waals surface area contributed by atoms with E-state index in [1.54, 1.807) is 30.7 Å². The van der Waals surface area contributed by atoms with Crippen molar-refractivity contribution in [2.24, 2.45) is 17.8 Å². The van der Waals surface area contributed by atoms with Crippen LogP contribution in [0.25, 0.3) is 0 Å². The monoisotopic (exact) mass is 1520 g/mol. The maximum absolute atomic E-state index is 15.3. The van der Waals surface area contributed by atoms with Crippen LogP contribution in [0.2, 0.25) is 20.1 Å². The van der Waals surface area contributed by atoms with Crippen LogP contribution in [0, 0.1) is 29.4 Å². The summed E-state index contributed by atoms with van der Waals surface area (Å²) in [6.45, 7) is 18.5. The molecule has 0 radical (unpaired) electrons. The largest absolute Gasteiger partial charge is 0.395 e. The predicted molar refractivity (Wildman–Crippen MR) is 423 cm³/mol. The predicted octanol–water partition coefficient (Wildman–Crippen LogP) is 18.5. The molecule has 4 aromatic heterocycles. The number of aliphatic hydroxyl groups is 1. The Morgan fingerprint density at radius 2 is 0.838 bits per heavy atom. The van der Waals surface area contributed by atoms with Crippen LogP contribution < -0.4 is 41.8 Å². The molecule has 5 fully saturated rings. The minimum Gasteiger partial charge on any atom is -0.395 e. The number of nitrogens with zero attached hydrogens (tertiary/aromatic N) is 8. The second-order valence-electron chi connectivity index (χ2n) is 30.0. The lowest BCUT2D eigenvalue weighted by atomic mass is 9.73. The average Bonchev–Trinajstić information content (AvgIpc) is 1.51. The Bertz CT molecular complexity index is 4370. The molecule has 0 unspecified atom stereocenters. The number of aliphatic hydroxyl groups excluding tert-OH is 1. The van der Waals surface area contributed by atoms with E-state index in [1.807, 2.05) is 120 Å². The average molecular weight is 1520 g/mol. The Labute approximate surface area is 635 Å². The molecule has 0 atom stereocenters. The second-order valence-corrected chi connectivity index (χ2v) is 31.5. The first-order valence-electron chi connectivity index (χ1n) is 37.5. The normalized spacial score (nSPS) is 17.1. The molecule has 8 aromatic rings. The van der Waals surface area contributed by atoms with E-state index in [0.717, 1.165) is 118 Å². The highest BCUT2D eigenvalue weighted by Crippen LogP contribution is 2.43. The lowest BCUT2D eigenvalue weighted by Gasteiger charge is -2.42. The van der Waals surface area contributed by atoms with Gasteiger partial charge in [-0.15, -0.1) is 0 Å². The summed E-state index contributed by atoms with van der Waals surface area (Å²) in [4.78, 5) is 58.5. The Morgan fingerprint density at radius 1 is 0.467 bits per heavy atom. The molecule has 1 aliphatic carbocycles. The highest BCUT2D eigenvalue weighted by atomic mass is 35.5. The lowest BCUT2D eigenvalue weighted by molar-refractivity contribution is 0.125. The molecule has 5 aliphatic rings. The number of unbranched alkanes of at least 4 members (excludes halogenated alkanes) is 1. The minimum atomic E-state index is -1.31. The number of hydrogen-bond donors (Lipinski definition) is 1. The van der Waals surface area contributed by atoms with Crippen LogP contribution in [0.3, 0.4) is 0 Å². The molecule has 4 aromatic carbocycles. The first-order chi connectivity index (χ1) is 50.5. The van der Waals surface area contributed by atoms with Gasteiger partial charge in [-0.2, -0.15) is 0 Å². The topological polar surface area (TPSA) is 121 Å². The number of hydrogen-bond acceptors (Lipinski definition) is 9. The Morgan fingerprint density at radius 3 is 1.23 bits per heavy atom. The lowest BCUT2D eigenvalue weighted by Crippen LogP contribution is -2.45. The van der Waals surface area contributed by atoms with E-state index in [2.05, 4.69) is 61.5 Å². The Hall–Kier alpha value is -7.28. The zero-order chi connectivity index (χ0) is 75.0. The van der Waals surface area contributed by atoms with Gasteiger partial charge >= 0.3 is 0 Å². The van der Waals surface area contributed by atoms with E-state index >= 15 is 4.39 Å². The van der Waals surface area contributed by atoms with E-state index in [4.69, 9.17) is 46.4 Å². The van der Waals surface area contributed by atoms with Gasteiger partial charge in [-0.05, 0) is 147 Å². The minimum absolute atomic E-state index is 0.0482. The van der Waals surface area contributed by atoms with Crippen molar-refractivity contribution in [2.45, 2.75) is 173 Å². The summed E-state index contributed by atoms with van der Waals surface area (Å²) in [6, 6.07) is 40.9. The zero-order valence-electron chi connectivity index (χ0n) is 61.3. The highest BCUT2D eigenvalue weighted by Gasteiger charge is 2.40. The summed E-state index contributed by atoms with van der Waals surface area (Å²) in [7, 11) is 0. The molecule has 4 saturated heterocycles. The molecular weight excluding hydrogens is 1420 g/mol. The fourth-order valence-corrected chi connectivity index (χ4v) is 16.0. The first-order valence-corrected chi connectivity index (χ1v) is 39.1. The van der Waals surface area contributed by atoms with Crippen LogP contribution in [0.15, 0.2) is 177 Å². The number of benzene rings is 4. The van der Waals surface area contributed by atoms with Gasteiger partial charge < -0.3 is 43.0 Å². The molecule has 0 bridgehead atoms. The molecule has 21 heteroatoms. The molecule has 564 valence electrons.